The molecule has 1 aliphatic rings. The fourth-order valence-corrected chi connectivity index (χ4v) is 4.81. The number of benzene rings is 2. The molecule has 4 aromatic rings. The predicted molar refractivity (Wildman–Crippen MR) is 140 cm³/mol. The second-order valence-corrected chi connectivity index (χ2v) is 9.12. The van der Waals surface area contributed by atoms with E-state index in [9.17, 15) is 9.18 Å². The minimum absolute atomic E-state index is 0.0193. The van der Waals surface area contributed by atoms with E-state index in [2.05, 4.69) is 30.1 Å². The Balaban J connectivity index is 1.10. The van der Waals surface area contributed by atoms with Gasteiger partial charge in [-0.25, -0.2) is 14.4 Å². The maximum atomic E-state index is 14.0. The quantitative estimate of drug-likeness (QED) is 0.350. The molecule has 0 radical (unpaired) electrons. The van der Waals surface area contributed by atoms with E-state index < -0.39 is 0 Å². The Morgan fingerprint density at radius 1 is 1.00 bits per heavy atom. The number of halogens is 1. The monoisotopic (exact) mass is 486 g/mol. The molecule has 1 aliphatic heterocycles. The third-order valence-corrected chi connectivity index (χ3v) is 6.71. The molecule has 2 aromatic carbocycles. The number of rotatable bonds is 9. The molecule has 0 spiro atoms. The van der Waals surface area contributed by atoms with Gasteiger partial charge >= 0.3 is 0 Å². The van der Waals surface area contributed by atoms with Crippen LogP contribution in [-0.2, 0) is 11.2 Å². The summed E-state index contributed by atoms with van der Waals surface area (Å²) in [5.74, 6) is 0.535. The van der Waals surface area contributed by atoms with E-state index in [0.717, 1.165) is 72.8 Å². The average Bonchev–Trinajstić information content (AvgIpc) is 3.29. The van der Waals surface area contributed by atoms with Crippen molar-refractivity contribution in [3.8, 4) is 11.3 Å². The lowest BCUT2D eigenvalue weighted by Gasteiger charge is -2.34. The molecule has 3 heterocycles. The molecule has 1 fully saturated rings. The summed E-state index contributed by atoms with van der Waals surface area (Å²) in [6.45, 7) is 5.34. The van der Waals surface area contributed by atoms with E-state index in [1.54, 1.807) is 24.5 Å². The Morgan fingerprint density at radius 2 is 1.78 bits per heavy atom. The first-order chi connectivity index (χ1) is 17.7. The zero-order valence-electron chi connectivity index (χ0n) is 20.3. The maximum Gasteiger partial charge on any atom is 0.225 e. The molecule has 7 nitrogen and oxygen atoms in total. The minimum Gasteiger partial charge on any atom is -0.356 e. The van der Waals surface area contributed by atoms with Crippen molar-refractivity contribution in [1.82, 2.24) is 25.2 Å². The van der Waals surface area contributed by atoms with Gasteiger partial charge < -0.3 is 15.2 Å². The smallest absolute Gasteiger partial charge is 0.225 e. The maximum absolute atomic E-state index is 14.0. The van der Waals surface area contributed by atoms with Crippen molar-refractivity contribution in [2.75, 3.05) is 44.2 Å². The molecule has 5 rings (SSSR count). The molecular formula is C28H31FN6O. The zero-order chi connectivity index (χ0) is 24.7. The number of amides is 1. The van der Waals surface area contributed by atoms with Gasteiger partial charge in [0.1, 0.15) is 5.82 Å². The Morgan fingerprint density at radius 3 is 2.56 bits per heavy atom. The number of hydrogen-bond donors (Lipinski definition) is 2. The second kappa shape index (κ2) is 11.3. The largest absolute Gasteiger partial charge is 0.356 e. The molecule has 36 heavy (non-hydrogen) atoms. The van der Waals surface area contributed by atoms with Gasteiger partial charge in [-0.2, -0.15) is 0 Å². The Kier molecular flexibility index (Phi) is 7.52. The molecule has 0 atom stereocenters. The Bertz CT molecular complexity index is 1290. The standard InChI is InChI=1S/C28H31FN6O/c29-22-8-10-25-24(20-22)23(27(33-25)21-6-2-1-3-7-21)9-11-26(36)30-14-5-15-34-16-18-35(19-17-34)28-31-12-4-13-32-28/h1-4,6-8,10,12-13,20,33H,5,9,11,14-19H2,(H,30,36). The Labute approximate surface area is 210 Å². The molecule has 186 valence electrons. The molecule has 0 unspecified atom stereocenters. The van der Waals surface area contributed by atoms with Gasteiger partial charge in [0.2, 0.25) is 11.9 Å². The van der Waals surface area contributed by atoms with Gasteiger partial charge in [0, 0.05) is 68.1 Å². The normalized spacial score (nSPS) is 14.3. The summed E-state index contributed by atoms with van der Waals surface area (Å²) in [5.41, 5.74) is 3.84. The van der Waals surface area contributed by atoms with Crippen LogP contribution in [0.5, 0.6) is 0 Å². The van der Waals surface area contributed by atoms with Crippen molar-refractivity contribution in [3.63, 3.8) is 0 Å². The van der Waals surface area contributed by atoms with E-state index in [4.69, 9.17) is 0 Å². The van der Waals surface area contributed by atoms with Crippen LogP contribution in [0.15, 0.2) is 67.0 Å². The highest BCUT2D eigenvalue weighted by Gasteiger charge is 2.18. The van der Waals surface area contributed by atoms with Crippen LogP contribution in [0.3, 0.4) is 0 Å². The van der Waals surface area contributed by atoms with E-state index >= 15 is 0 Å². The summed E-state index contributed by atoms with van der Waals surface area (Å²) in [6.07, 6.45) is 5.36. The molecule has 1 saturated heterocycles. The van der Waals surface area contributed by atoms with Crippen molar-refractivity contribution < 1.29 is 9.18 Å². The molecule has 0 saturated carbocycles. The van der Waals surface area contributed by atoms with E-state index in [0.29, 0.717) is 19.4 Å². The molecule has 0 bridgehead atoms. The van der Waals surface area contributed by atoms with Crippen LogP contribution in [0, 0.1) is 5.82 Å². The van der Waals surface area contributed by atoms with Crippen molar-refractivity contribution in [3.05, 3.63) is 78.4 Å². The van der Waals surface area contributed by atoms with Gasteiger partial charge in [0.15, 0.2) is 0 Å². The number of hydrogen-bond acceptors (Lipinski definition) is 5. The van der Waals surface area contributed by atoms with E-state index in [1.165, 1.54) is 6.07 Å². The van der Waals surface area contributed by atoms with Gasteiger partial charge in [-0.3, -0.25) is 9.69 Å². The third-order valence-electron chi connectivity index (χ3n) is 6.71. The topological polar surface area (TPSA) is 77.2 Å². The lowest BCUT2D eigenvalue weighted by molar-refractivity contribution is -0.121. The molecule has 8 heteroatoms. The van der Waals surface area contributed by atoms with Gasteiger partial charge in [-0.1, -0.05) is 30.3 Å². The van der Waals surface area contributed by atoms with Gasteiger partial charge in [0.25, 0.3) is 0 Å². The zero-order valence-corrected chi connectivity index (χ0v) is 20.3. The SMILES string of the molecule is O=C(CCc1c(-c2ccccc2)[nH]c2ccc(F)cc12)NCCCN1CCN(c2ncccn2)CC1. The number of fused-ring (bicyclic) bond motifs is 1. The van der Waals surface area contributed by atoms with Crippen LogP contribution < -0.4 is 10.2 Å². The van der Waals surface area contributed by atoms with Gasteiger partial charge in [0.05, 0.1) is 0 Å². The second-order valence-electron chi connectivity index (χ2n) is 9.12. The molecule has 2 aromatic heterocycles. The van der Waals surface area contributed by atoms with Gasteiger partial charge in [-0.15, -0.1) is 0 Å². The number of carbonyl (C=O) groups excluding carboxylic acids is 1. The number of anilines is 1. The van der Waals surface area contributed by atoms with Crippen molar-refractivity contribution in [2.45, 2.75) is 19.3 Å². The highest BCUT2D eigenvalue weighted by molar-refractivity contribution is 5.91. The van der Waals surface area contributed by atoms with Crippen LogP contribution in [-0.4, -0.2) is 65.0 Å². The van der Waals surface area contributed by atoms with Crippen LogP contribution in [0.4, 0.5) is 10.3 Å². The summed E-state index contributed by atoms with van der Waals surface area (Å²) in [5, 5.41) is 3.89. The predicted octanol–water partition coefficient (Wildman–Crippen LogP) is 4.03. The third kappa shape index (κ3) is 5.71. The fraction of sp³-hybridized carbons (Fsp3) is 0.321. The Hall–Kier alpha value is -3.78. The molecule has 1 amide bonds. The van der Waals surface area contributed by atoms with Gasteiger partial charge in [-0.05, 0) is 54.8 Å². The number of aryl methyl sites for hydroxylation is 1. The number of nitrogens with zero attached hydrogens (tertiary/aromatic N) is 4. The minimum atomic E-state index is -0.274. The van der Waals surface area contributed by atoms with Crippen molar-refractivity contribution in [1.29, 1.82) is 0 Å². The summed E-state index contributed by atoms with van der Waals surface area (Å²) < 4.78 is 14.0. The van der Waals surface area contributed by atoms with Crippen LogP contribution in [0.2, 0.25) is 0 Å². The lowest BCUT2D eigenvalue weighted by atomic mass is 10.0. The number of piperazine rings is 1. The average molecular weight is 487 g/mol. The number of aromatic amines is 1. The first-order valence-electron chi connectivity index (χ1n) is 12.5. The number of nitrogens with one attached hydrogen (secondary N) is 2. The van der Waals surface area contributed by atoms with Crippen LogP contribution in [0.1, 0.15) is 18.4 Å². The molecular weight excluding hydrogens is 455 g/mol. The highest BCUT2D eigenvalue weighted by atomic mass is 19.1. The summed E-state index contributed by atoms with van der Waals surface area (Å²) >= 11 is 0. The van der Waals surface area contributed by atoms with Crippen LogP contribution >= 0.6 is 0 Å². The summed E-state index contributed by atoms with van der Waals surface area (Å²) in [6, 6.07) is 16.6. The first-order valence-corrected chi connectivity index (χ1v) is 12.5. The lowest BCUT2D eigenvalue weighted by Crippen LogP contribution is -2.47. The van der Waals surface area contributed by atoms with E-state index in [-0.39, 0.29) is 11.7 Å². The highest BCUT2D eigenvalue weighted by Crippen LogP contribution is 2.31. The number of carbonyl (C=O) groups is 1. The summed E-state index contributed by atoms with van der Waals surface area (Å²) in [4.78, 5) is 29.3. The fourth-order valence-electron chi connectivity index (χ4n) is 4.81. The van der Waals surface area contributed by atoms with Crippen molar-refractivity contribution in [2.24, 2.45) is 0 Å². The van der Waals surface area contributed by atoms with Crippen molar-refractivity contribution >= 4 is 22.8 Å². The number of aromatic nitrogens is 3. The molecule has 0 aliphatic carbocycles. The number of H-pyrrole nitrogens is 1. The molecule has 2 N–H and O–H groups in total. The first kappa shape index (κ1) is 23.9. The van der Waals surface area contributed by atoms with E-state index in [1.807, 2.05) is 36.4 Å². The van der Waals surface area contributed by atoms with Crippen LogP contribution in [0.25, 0.3) is 22.2 Å². The summed E-state index contributed by atoms with van der Waals surface area (Å²) in [7, 11) is 0.